The van der Waals surface area contributed by atoms with E-state index >= 15 is 0 Å². The van der Waals surface area contributed by atoms with Crippen molar-refractivity contribution in [2.75, 3.05) is 6.61 Å². The average Bonchev–Trinajstić information content (AvgIpc) is 2.28. The van der Waals surface area contributed by atoms with Gasteiger partial charge in [-0.25, -0.2) is 0 Å². The van der Waals surface area contributed by atoms with Gasteiger partial charge in [-0.05, 0) is 46.7 Å². The van der Waals surface area contributed by atoms with Gasteiger partial charge in [0.25, 0.3) is 0 Å². The monoisotopic (exact) mass is 281 g/mol. The molecule has 0 aromatic carbocycles. The summed E-state index contributed by atoms with van der Waals surface area (Å²) >= 11 is 3.39. The number of pyridine rings is 1. The summed E-state index contributed by atoms with van der Waals surface area (Å²) in [5.74, 6) is 2.19. The third kappa shape index (κ3) is 3.08. The van der Waals surface area contributed by atoms with Crippen LogP contribution in [0.4, 0.5) is 0 Å². The molecule has 0 aliphatic heterocycles. The fourth-order valence-electron chi connectivity index (χ4n) is 1.91. The number of aromatic nitrogens is 1. The van der Waals surface area contributed by atoms with Crippen LogP contribution in [0.3, 0.4) is 0 Å². The second kappa shape index (κ2) is 5.48. The number of hydrogen-bond acceptors (Lipinski definition) is 2. The van der Waals surface area contributed by atoms with Crippen molar-refractivity contribution in [2.24, 2.45) is 11.8 Å². The van der Waals surface area contributed by atoms with Crippen molar-refractivity contribution in [2.45, 2.75) is 19.8 Å². The van der Waals surface area contributed by atoms with Crippen molar-refractivity contribution in [3.8, 4) is 5.75 Å². The van der Waals surface area contributed by atoms with Gasteiger partial charge in [0.2, 0.25) is 0 Å². The molecule has 0 bridgehead atoms. The van der Waals surface area contributed by atoms with Gasteiger partial charge < -0.3 is 4.74 Å². The molecule has 0 fully saturated rings. The predicted molar refractivity (Wildman–Crippen MR) is 68.5 cm³/mol. The Hall–Kier alpha value is -0.830. The highest BCUT2D eigenvalue weighted by atomic mass is 79.9. The Labute approximate surface area is 105 Å². The second-order valence-corrected chi connectivity index (χ2v) is 5.25. The van der Waals surface area contributed by atoms with E-state index in [1.807, 2.05) is 6.07 Å². The van der Waals surface area contributed by atoms with Crippen LogP contribution in [0.2, 0.25) is 0 Å². The van der Waals surface area contributed by atoms with Crippen molar-refractivity contribution in [3.63, 3.8) is 0 Å². The zero-order chi connectivity index (χ0) is 11.4. The molecule has 2 nitrogen and oxygen atoms in total. The zero-order valence-electron chi connectivity index (χ0n) is 9.40. The minimum Gasteiger partial charge on any atom is -0.492 e. The SMILES string of the molecule is CC1CC=CCC1COc1cncc(Br)c1. The number of rotatable bonds is 3. The van der Waals surface area contributed by atoms with E-state index in [0.29, 0.717) is 11.8 Å². The Morgan fingerprint density at radius 1 is 1.38 bits per heavy atom. The summed E-state index contributed by atoms with van der Waals surface area (Å²) in [5, 5.41) is 0. The Balaban J connectivity index is 1.89. The first kappa shape index (κ1) is 11.6. The van der Waals surface area contributed by atoms with Crippen molar-refractivity contribution >= 4 is 15.9 Å². The molecule has 0 spiro atoms. The second-order valence-electron chi connectivity index (χ2n) is 4.33. The maximum Gasteiger partial charge on any atom is 0.138 e. The molecule has 3 heteroatoms. The highest BCUT2D eigenvalue weighted by molar-refractivity contribution is 9.10. The minimum absolute atomic E-state index is 0.629. The van der Waals surface area contributed by atoms with Crippen LogP contribution in [0.15, 0.2) is 35.1 Å². The van der Waals surface area contributed by atoms with Gasteiger partial charge in [0.15, 0.2) is 0 Å². The fraction of sp³-hybridized carbons (Fsp3) is 0.462. The van der Waals surface area contributed by atoms with Crippen LogP contribution < -0.4 is 4.74 Å². The summed E-state index contributed by atoms with van der Waals surface area (Å²) in [6.45, 7) is 3.07. The van der Waals surface area contributed by atoms with Gasteiger partial charge in [-0.15, -0.1) is 0 Å². The van der Waals surface area contributed by atoms with Crippen molar-refractivity contribution in [1.82, 2.24) is 4.98 Å². The lowest BCUT2D eigenvalue weighted by atomic mass is 9.85. The lowest BCUT2D eigenvalue weighted by Gasteiger charge is -2.25. The minimum atomic E-state index is 0.629. The van der Waals surface area contributed by atoms with E-state index in [1.165, 1.54) is 6.42 Å². The first-order chi connectivity index (χ1) is 7.75. The van der Waals surface area contributed by atoms with Crippen LogP contribution >= 0.6 is 15.9 Å². The molecule has 0 amide bonds. The van der Waals surface area contributed by atoms with Gasteiger partial charge in [0.1, 0.15) is 5.75 Å². The summed E-state index contributed by atoms with van der Waals surface area (Å²) in [6.07, 6.45) is 10.3. The van der Waals surface area contributed by atoms with E-state index in [1.54, 1.807) is 12.4 Å². The Bertz CT molecular complexity index is 378. The molecule has 0 saturated carbocycles. The maximum atomic E-state index is 5.77. The molecular weight excluding hydrogens is 266 g/mol. The molecule has 1 aliphatic carbocycles. The molecule has 2 atom stereocenters. The molecule has 16 heavy (non-hydrogen) atoms. The van der Waals surface area contributed by atoms with Crippen molar-refractivity contribution < 1.29 is 4.74 Å². The Morgan fingerprint density at radius 2 is 2.19 bits per heavy atom. The molecule has 1 heterocycles. The number of nitrogens with zero attached hydrogens (tertiary/aromatic N) is 1. The molecule has 86 valence electrons. The molecule has 1 aromatic heterocycles. The third-order valence-electron chi connectivity index (χ3n) is 3.06. The van der Waals surface area contributed by atoms with E-state index in [9.17, 15) is 0 Å². The summed E-state index contributed by atoms with van der Waals surface area (Å²) in [5.41, 5.74) is 0. The predicted octanol–water partition coefficient (Wildman–Crippen LogP) is 3.83. The van der Waals surface area contributed by atoms with Crippen molar-refractivity contribution in [1.29, 1.82) is 0 Å². The van der Waals surface area contributed by atoms with Crippen molar-refractivity contribution in [3.05, 3.63) is 35.1 Å². The van der Waals surface area contributed by atoms with E-state index in [4.69, 9.17) is 4.74 Å². The molecular formula is C13H16BrNO. The van der Waals surface area contributed by atoms with E-state index in [2.05, 4.69) is 40.0 Å². The largest absolute Gasteiger partial charge is 0.492 e. The Kier molecular flexibility index (Phi) is 3.99. The number of hydrogen-bond donors (Lipinski definition) is 0. The normalized spacial score (nSPS) is 24.4. The van der Waals surface area contributed by atoms with Crippen LogP contribution in [-0.4, -0.2) is 11.6 Å². The standard InChI is InChI=1S/C13H16BrNO/c1-10-4-2-3-5-11(10)9-16-13-6-12(14)7-15-8-13/h2-3,6-8,10-11H,4-5,9H2,1H3. The molecule has 2 unspecified atom stereocenters. The van der Waals surface area contributed by atoms with Gasteiger partial charge in [0.05, 0.1) is 12.8 Å². The summed E-state index contributed by atoms with van der Waals surface area (Å²) in [7, 11) is 0. The molecule has 1 aromatic rings. The lowest BCUT2D eigenvalue weighted by Crippen LogP contribution is -2.21. The van der Waals surface area contributed by atoms with Gasteiger partial charge in [0, 0.05) is 10.7 Å². The van der Waals surface area contributed by atoms with Crippen LogP contribution in [-0.2, 0) is 0 Å². The van der Waals surface area contributed by atoms with E-state index in [-0.39, 0.29) is 0 Å². The molecule has 2 rings (SSSR count). The molecule has 1 aliphatic rings. The third-order valence-corrected chi connectivity index (χ3v) is 3.50. The first-order valence-electron chi connectivity index (χ1n) is 5.64. The van der Waals surface area contributed by atoms with Crippen LogP contribution in [0.25, 0.3) is 0 Å². The maximum absolute atomic E-state index is 5.77. The number of ether oxygens (including phenoxy) is 1. The molecule has 0 N–H and O–H groups in total. The molecule has 0 saturated heterocycles. The lowest BCUT2D eigenvalue weighted by molar-refractivity contribution is 0.198. The quantitative estimate of drug-likeness (QED) is 0.786. The topological polar surface area (TPSA) is 22.1 Å². The van der Waals surface area contributed by atoms with Crippen LogP contribution in [0.1, 0.15) is 19.8 Å². The number of halogens is 1. The smallest absolute Gasteiger partial charge is 0.138 e. The van der Waals surface area contributed by atoms with E-state index < -0.39 is 0 Å². The number of allylic oxidation sites excluding steroid dienone is 2. The Morgan fingerprint density at radius 3 is 2.94 bits per heavy atom. The summed E-state index contributed by atoms with van der Waals surface area (Å²) < 4.78 is 6.73. The van der Waals surface area contributed by atoms with Crippen LogP contribution in [0, 0.1) is 11.8 Å². The fourth-order valence-corrected chi connectivity index (χ4v) is 2.26. The molecule has 0 radical (unpaired) electrons. The zero-order valence-corrected chi connectivity index (χ0v) is 11.0. The highest BCUT2D eigenvalue weighted by Crippen LogP contribution is 2.26. The van der Waals surface area contributed by atoms with E-state index in [0.717, 1.165) is 23.2 Å². The highest BCUT2D eigenvalue weighted by Gasteiger charge is 2.18. The van der Waals surface area contributed by atoms with Gasteiger partial charge in [-0.2, -0.15) is 0 Å². The first-order valence-corrected chi connectivity index (χ1v) is 6.43. The summed E-state index contributed by atoms with van der Waals surface area (Å²) in [4.78, 5) is 4.08. The van der Waals surface area contributed by atoms with Gasteiger partial charge in [-0.3, -0.25) is 4.98 Å². The van der Waals surface area contributed by atoms with Gasteiger partial charge >= 0.3 is 0 Å². The van der Waals surface area contributed by atoms with Crippen LogP contribution in [0.5, 0.6) is 5.75 Å². The average molecular weight is 282 g/mol. The summed E-state index contributed by atoms with van der Waals surface area (Å²) in [6, 6.07) is 1.95. The van der Waals surface area contributed by atoms with Gasteiger partial charge in [-0.1, -0.05) is 19.1 Å².